The number of likely N-dealkylation sites (tertiary alicyclic amines) is 1. The number of β-lactam (4-membered cyclic amide) rings is 1. The first kappa shape index (κ1) is 20.3. The van der Waals surface area contributed by atoms with Crippen LogP contribution < -0.4 is 5.32 Å². The number of rotatable bonds is 6. The molecule has 1 unspecified atom stereocenters. The van der Waals surface area contributed by atoms with E-state index < -0.39 is 18.1 Å². The standard InChI is InChI=1S/C23H24N2O4/c1-15(2)20(25-14-19(22(25)27)24-16(3)26)23(28)29-21(17-10-6-4-7-11-17)18-12-8-5-9-13-18/h4-13,19,21H,14H2,1-3H3,(H,24,26). The number of carbonyl (C=O) groups excluding carboxylic acids is 3. The quantitative estimate of drug-likeness (QED) is 0.466. The summed E-state index contributed by atoms with van der Waals surface area (Å²) in [5, 5.41) is 2.58. The summed E-state index contributed by atoms with van der Waals surface area (Å²) in [6.07, 6.45) is -0.596. The van der Waals surface area contributed by atoms with E-state index in [1.54, 1.807) is 13.8 Å². The molecule has 1 N–H and O–H groups in total. The predicted molar refractivity (Wildman–Crippen MR) is 109 cm³/mol. The molecule has 6 nitrogen and oxygen atoms in total. The van der Waals surface area contributed by atoms with E-state index in [0.717, 1.165) is 11.1 Å². The maximum absolute atomic E-state index is 13.1. The number of nitrogens with one attached hydrogen (secondary N) is 1. The highest BCUT2D eigenvalue weighted by Crippen LogP contribution is 2.29. The lowest BCUT2D eigenvalue weighted by Crippen LogP contribution is -2.63. The smallest absolute Gasteiger partial charge is 0.355 e. The molecule has 0 aliphatic carbocycles. The lowest BCUT2D eigenvalue weighted by Gasteiger charge is -2.39. The Balaban J connectivity index is 1.84. The minimum Gasteiger partial charge on any atom is -0.448 e. The highest BCUT2D eigenvalue weighted by atomic mass is 16.5. The van der Waals surface area contributed by atoms with E-state index in [1.165, 1.54) is 11.8 Å². The van der Waals surface area contributed by atoms with Gasteiger partial charge in [-0.25, -0.2) is 4.79 Å². The van der Waals surface area contributed by atoms with Crippen LogP contribution in [0.25, 0.3) is 0 Å². The fourth-order valence-electron chi connectivity index (χ4n) is 3.31. The average molecular weight is 392 g/mol. The van der Waals surface area contributed by atoms with Crippen molar-refractivity contribution < 1.29 is 19.1 Å². The van der Waals surface area contributed by atoms with Gasteiger partial charge in [0.15, 0.2) is 6.10 Å². The average Bonchev–Trinajstić information content (AvgIpc) is 2.71. The van der Waals surface area contributed by atoms with Crippen LogP contribution in [0.2, 0.25) is 0 Å². The second kappa shape index (κ2) is 8.73. The first-order chi connectivity index (χ1) is 13.9. The number of hydrogen-bond donors (Lipinski definition) is 1. The Labute approximate surface area is 170 Å². The summed E-state index contributed by atoms with van der Waals surface area (Å²) in [7, 11) is 0. The number of esters is 1. The number of carbonyl (C=O) groups is 3. The molecule has 0 aromatic heterocycles. The molecule has 2 aromatic carbocycles. The van der Waals surface area contributed by atoms with Gasteiger partial charge in [0.05, 0.1) is 6.54 Å². The normalized spacial score (nSPS) is 15.5. The van der Waals surface area contributed by atoms with Crippen LogP contribution in [-0.2, 0) is 19.1 Å². The van der Waals surface area contributed by atoms with Crippen molar-refractivity contribution >= 4 is 17.8 Å². The van der Waals surface area contributed by atoms with E-state index in [9.17, 15) is 14.4 Å². The van der Waals surface area contributed by atoms with Crippen molar-refractivity contribution in [2.75, 3.05) is 6.54 Å². The summed E-state index contributed by atoms with van der Waals surface area (Å²) in [4.78, 5) is 38.1. The van der Waals surface area contributed by atoms with Crippen LogP contribution in [0.5, 0.6) is 0 Å². The molecule has 1 atom stereocenters. The van der Waals surface area contributed by atoms with E-state index in [4.69, 9.17) is 4.74 Å². The fourth-order valence-corrected chi connectivity index (χ4v) is 3.31. The SMILES string of the molecule is CC(=O)NC1CN(C(C(=O)OC(c2ccccc2)c2ccccc2)=C(C)C)C1=O. The van der Waals surface area contributed by atoms with Crippen LogP contribution in [0.4, 0.5) is 0 Å². The molecule has 1 fully saturated rings. The number of ether oxygens (including phenoxy) is 1. The Kier molecular flexibility index (Phi) is 6.12. The molecular formula is C23H24N2O4. The third-order valence-electron chi connectivity index (χ3n) is 4.67. The zero-order chi connectivity index (χ0) is 21.0. The summed E-state index contributed by atoms with van der Waals surface area (Å²) in [6, 6.07) is 18.3. The highest BCUT2D eigenvalue weighted by Gasteiger charge is 2.42. The molecule has 1 aliphatic rings. The van der Waals surface area contributed by atoms with Crippen LogP contribution in [0.15, 0.2) is 71.9 Å². The molecule has 0 saturated carbocycles. The Morgan fingerprint density at radius 1 is 0.966 bits per heavy atom. The molecule has 0 spiro atoms. The van der Waals surface area contributed by atoms with Crippen molar-refractivity contribution in [3.05, 3.63) is 83.1 Å². The third-order valence-corrected chi connectivity index (χ3v) is 4.67. The second-order valence-corrected chi connectivity index (χ2v) is 7.16. The molecule has 6 heteroatoms. The van der Waals surface area contributed by atoms with Crippen molar-refractivity contribution in [2.24, 2.45) is 0 Å². The van der Waals surface area contributed by atoms with Gasteiger partial charge in [0, 0.05) is 6.92 Å². The predicted octanol–water partition coefficient (Wildman–Crippen LogP) is 2.96. The summed E-state index contributed by atoms with van der Waals surface area (Å²) in [5.74, 6) is -1.17. The van der Waals surface area contributed by atoms with Crippen molar-refractivity contribution in [2.45, 2.75) is 32.9 Å². The Morgan fingerprint density at radius 3 is 1.90 bits per heavy atom. The van der Waals surface area contributed by atoms with Crippen LogP contribution in [-0.4, -0.2) is 35.3 Å². The Hall–Kier alpha value is -3.41. The van der Waals surface area contributed by atoms with E-state index in [-0.39, 0.29) is 24.1 Å². The van der Waals surface area contributed by atoms with E-state index >= 15 is 0 Å². The molecule has 1 aliphatic heterocycles. The number of benzene rings is 2. The minimum absolute atomic E-state index is 0.216. The number of hydrogen-bond acceptors (Lipinski definition) is 4. The van der Waals surface area contributed by atoms with Crippen LogP contribution in [0.1, 0.15) is 38.0 Å². The van der Waals surface area contributed by atoms with Gasteiger partial charge >= 0.3 is 5.97 Å². The summed E-state index contributed by atoms with van der Waals surface area (Å²) >= 11 is 0. The zero-order valence-corrected chi connectivity index (χ0v) is 16.7. The molecule has 1 saturated heterocycles. The van der Waals surface area contributed by atoms with E-state index in [1.807, 2.05) is 60.7 Å². The maximum atomic E-state index is 13.1. The first-order valence-electron chi connectivity index (χ1n) is 9.45. The topological polar surface area (TPSA) is 75.7 Å². The maximum Gasteiger partial charge on any atom is 0.355 e. The molecule has 0 radical (unpaired) electrons. The highest BCUT2D eigenvalue weighted by molar-refractivity contribution is 6.00. The van der Waals surface area contributed by atoms with E-state index in [2.05, 4.69) is 5.32 Å². The molecule has 150 valence electrons. The van der Waals surface area contributed by atoms with Gasteiger partial charge in [-0.15, -0.1) is 0 Å². The minimum atomic E-state index is -0.603. The van der Waals surface area contributed by atoms with Crippen LogP contribution in [0, 0.1) is 0 Å². The van der Waals surface area contributed by atoms with Gasteiger partial charge < -0.3 is 15.0 Å². The fraction of sp³-hybridized carbons (Fsp3) is 0.261. The monoisotopic (exact) mass is 392 g/mol. The largest absolute Gasteiger partial charge is 0.448 e. The molecule has 3 rings (SSSR count). The first-order valence-corrected chi connectivity index (χ1v) is 9.45. The van der Waals surface area contributed by atoms with Crippen molar-refractivity contribution in [1.29, 1.82) is 0 Å². The van der Waals surface area contributed by atoms with Crippen molar-refractivity contribution in [3.63, 3.8) is 0 Å². The Bertz CT molecular complexity index is 894. The van der Waals surface area contributed by atoms with Crippen molar-refractivity contribution in [1.82, 2.24) is 10.2 Å². The van der Waals surface area contributed by atoms with Gasteiger partial charge in [-0.1, -0.05) is 60.7 Å². The number of nitrogens with zero attached hydrogens (tertiary/aromatic N) is 1. The molecular weight excluding hydrogens is 368 g/mol. The zero-order valence-electron chi connectivity index (χ0n) is 16.7. The van der Waals surface area contributed by atoms with Gasteiger partial charge in [-0.2, -0.15) is 0 Å². The summed E-state index contributed by atoms with van der Waals surface area (Å²) in [6.45, 7) is 5.12. The van der Waals surface area contributed by atoms with Gasteiger partial charge in [0.1, 0.15) is 11.7 Å². The number of amides is 2. The summed E-state index contributed by atoms with van der Waals surface area (Å²) in [5.41, 5.74) is 2.57. The van der Waals surface area contributed by atoms with Crippen LogP contribution >= 0.6 is 0 Å². The molecule has 1 heterocycles. The molecule has 2 amide bonds. The Morgan fingerprint density at radius 2 is 1.48 bits per heavy atom. The second-order valence-electron chi connectivity index (χ2n) is 7.16. The van der Waals surface area contributed by atoms with Gasteiger partial charge in [-0.3, -0.25) is 9.59 Å². The van der Waals surface area contributed by atoms with Gasteiger partial charge in [0.25, 0.3) is 5.91 Å². The lowest BCUT2D eigenvalue weighted by atomic mass is 10.0. The molecule has 2 aromatic rings. The lowest BCUT2D eigenvalue weighted by molar-refractivity contribution is -0.153. The van der Waals surface area contributed by atoms with Gasteiger partial charge in [0.2, 0.25) is 5.91 Å². The molecule has 29 heavy (non-hydrogen) atoms. The van der Waals surface area contributed by atoms with Crippen LogP contribution in [0.3, 0.4) is 0 Å². The number of allylic oxidation sites excluding steroid dienone is 1. The summed E-state index contributed by atoms with van der Waals surface area (Å²) < 4.78 is 5.89. The van der Waals surface area contributed by atoms with Gasteiger partial charge in [-0.05, 0) is 30.5 Å². The molecule has 0 bridgehead atoms. The van der Waals surface area contributed by atoms with Crippen molar-refractivity contribution in [3.8, 4) is 0 Å². The van der Waals surface area contributed by atoms with E-state index in [0.29, 0.717) is 5.57 Å². The third kappa shape index (κ3) is 4.54.